The molecule has 0 fully saturated rings. The van der Waals surface area contributed by atoms with Gasteiger partial charge in [0.1, 0.15) is 10.5 Å². The van der Waals surface area contributed by atoms with E-state index in [-0.39, 0.29) is 17.3 Å². The Labute approximate surface area is 161 Å². The van der Waals surface area contributed by atoms with Gasteiger partial charge >= 0.3 is 12.4 Å². The molecule has 144 valence electrons. The van der Waals surface area contributed by atoms with Gasteiger partial charge < -0.3 is 0 Å². The third-order valence-electron chi connectivity index (χ3n) is 3.31. The van der Waals surface area contributed by atoms with E-state index >= 15 is 0 Å². The average molecular weight is 441 g/mol. The number of alkyl halides is 6. The lowest BCUT2D eigenvalue weighted by molar-refractivity contribution is -0.143. The van der Waals surface area contributed by atoms with Gasteiger partial charge in [0.2, 0.25) is 0 Å². The predicted octanol–water partition coefficient (Wildman–Crippen LogP) is 6.03. The lowest BCUT2D eigenvalue weighted by atomic mass is 10.0. The van der Waals surface area contributed by atoms with Gasteiger partial charge in [0.25, 0.3) is 0 Å². The van der Waals surface area contributed by atoms with Gasteiger partial charge in [-0.2, -0.15) is 26.3 Å². The number of thiazole rings is 1. The zero-order chi connectivity index (χ0) is 19.7. The first kappa shape index (κ1) is 20.1. The molecular weight excluding hydrogens is 432 g/mol. The molecule has 0 aliphatic carbocycles. The second-order valence-electron chi connectivity index (χ2n) is 5.22. The van der Waals surface area contributed by atoms with E-state index in [4.69, 9.17) is 0 Å². The molecule has 2 aromatic heterocycles. The molecular formula is C15H9F6N3S3. The monoisotopic (exact) mass is 441 g/mol. The summed E-state index contributed by atoms with van der Waals surface area (Å²) < 4.78 is 78.3. The van der Waals surface area contributed by atoms with Crippen molar-refractivity contribution in [2.24, 2.45) is 0 Å². The Kier molecular flexibility index (Phi) is 5.77. The molecule has 2 heterocycles. The molecule has 0 saturated carbocycles. The SMILES string of the molecule is FC(F)(F)c1cc(-c2csc(SCCc3nncs3)n2)cc(C(F)(F)F)c1. The number of aromatic nitrogens is 3. The Balaban J connectivity index is 1.82. The van der Waals surface area contributed by atoms with E-state index in [0.29, 0.717) is 28.6 Å². The molecule has 0 atom stereocenters. The van der Waals surface area contributed by atoms with Crippen LogP contribution >= 0.6 is 34.4 Å². The summed E-state index contributed by atoms with van der Waals surface area (Å²) in [7, 11) is 0. The van der Waals surface area contributed by atoms with Crippen molar-refractivity contribution < 1.29 is 26.3 Å². The van der Waals surface area contributed by atoms with Crippen LogP contribution in [-0.2, 0) is 18.8 Å². The summed E-state index contributed by atoms with van der Waals surface area (Å²) >= 11 is 3.92. The summed E-state index contributed by atoms with van der Waals surface area (Å²) in [5, 5.41) is 9.89. The van der Waals surface area contributed by atoms with Crippen molar-refractivity contribution in [2.75, 3.05) is 5.75 Å². The molecule has 0 spiro atoms. The van der Waals surface area contributed by atoms with Gasteiger partial charge in [-0.25, -0.2) is 4.98 Å². The van der Waals surface area contributed by atoms with Crippen LogP contribution in [0, 0.1) is 0 Å². The number of thioether (sulfide) groups is 1. The molecule has 0 amide bonds. The van der Waals surface area contributed by atoms with E-state index in [9.17, 15) is 26.3 Å². The minimum Gasteiger partial charge on any atom is -0.230 e. The molecule has 0 bridgehead atoms. The fourth-order valence-electron chi connectivity index (χ4n) is 2.09. The summed E-state index contributed by atoms with van der Waals surface area (Å²) in [6.07, 6.45) is -9.12. The van der Waals surface area contributed by atoms with Crippen molar-refractivity contribution in [3.05, 3.63) is 45.2 Å². The smallest absolute Gasteiger partial charge is 0.230 e. The number of hydrogen-bond acceptors (Lipinski definition) is 6. The van der Waals surface area contributed by atoms with E-state index in [2.05, 4.69) is 15.2 Å². The van der Waals surface area contributed by atoms with Gasteiger partial charge in [0, 0.05) is 23.1 Å². The van der Waals surface area contributed by atoms with Crippen LogP contribution in [0.3, 0.4) is 0 Å². The minimum absolute atomic E-state index is 0.0787. The first-order chi connectivity index (χ1) is 12.6. The Bertz CT molecular complexity index is 870. The van der Waals surface area contributed by atoms with Gasteiger partial charge in [0.15, 0.2) is 4.34 Å². The molecule has 3 rings (SSSR count). The molecule has 12 heteroatoms. The van der Waals surface area contributed by atoms with E-state index in [1.165, 1.54) is 39.8 Å². The summed E-state index contributed by atoms with van der Waals surface area (Å²) in [5.41, 5.74) is -1.25. The summed E-state index contributed by atoms with van der Waals surface area (Å²) in [6, 6.07) is 1.47. The van der Waals surface area contributed by atoms with Crippen molar-refractivity contribution in [1.82, 2.24) is 15.2 Å². The second kappa shape index (κ2) is 7.76. The average Bonchev–Trinajstić information content (AvgIpc) is 3.25. The van der Waals surface area contributed by atoms with Gasteiger partial charge in [-0.15, -0.1) is 32.9 Å². The number of rotatable bonds is 5. The zero-order valence-corrected chi connectivity index (χ0v) is 15.6. The summed E-state index contributed by atoms with van der Waals surface area (Å²) in [4.78, 5) is 4.16. The normalized spacial score (nSPS) is 12.5. The second-order valence-corrected chi connectivity index (χ2v) is 8.34. The van der Waals surface area contributed by atoms with Crippen LogP contribution in [0.5, 0.6) is 0 Å². The molecule has 0 aliphatic heterocycles. The Morgan fingerprint density at radius 1 is 0.926 bits per heavy atom. The number of benzene rings is 1. The molecule has 3 aromatic rings. The van der Waals surface area contributed by atoms with E-state index in [1.807, 2.05) is 0 Å². The maximum Gasteiger partial charge on any atom is 0.416 e. The van der Waals surface area contributed by atoms with Crippen molar-refractivity contribution in [3.8, 4) is 11.3 Å². The van der Waals surface area contributed by atoms with Gasteiger partial charge in [-0.05, 0) is 18.2 Å². The molecule has 0 aliphatic rings. The van der Waals surface area contributed by atoms with Crippen molar-refractivity contribution >= 4 is 34.4 Å². The molecule has 0 unspecified atom stereocenters. The van der Waals surface area contributed by atoms with Crippen LogP contribution < -0.4 is 0 Å². The fourth-order valence-corrected chi connectivity index (χ4v) is 4.60. The van der Waals surface area contributed by atoms with Gasteiger partial charge in [-0.1, -0.05) is 11.8 Å². The van der Waals surface area contributed by atoms with Crippen LogP contribution in [0.4, 0.5) is 26.3 Å². The third kappa shape index (κ3) is 5.20. The molecule has 0 N–H and O–H groups in total. The molecule has 3 nitrogen and oxygen atoms in total. The first-order valence-electron chi connectivity index (χ1n) is 7.26. The molecule has 1 aromatic carbocycles. The van der Waals surface area contributed by atoms with Crippen LogP contribution in [0.15, 0.2) is 33.4 Å². The maximum atomic E-state index is 13.0. The number of hydrogen-bond donors (Lipinski definition) is 0. The lowest BCUT2D eigenvalue weighted by Gasteiger charge is -2.13. The first-order valence-corrected chi connectivity index (χ1v) is 10.0. The van der Waals surface area contributed by atoms with Crippen LogP contribution in [-0.4, -0.2) is 20.9 Å². The largest absolute Gasteiger partial charge is 0.416 e. The quantitative estimate of drug-likeness (QED) is 0.358. The predicted molar refractivity (Wildman–Crippen MR) is 91.9 cm³/mol. The van der Waals surface area contributed by atoms with Crippen molar-refractivity contribution in [1.29, 1.82) is 0 Å². The Morgan fingerprint density at radius 2 is 1.59 bits per heavy atom. The topological polar surface area (TPSA) is 38.7 Å². The van der Waals surface area contributed by atoms with Crippen LogP contribution in [0.1, 0.15) is 16.1 Å². The third-order valence-corrected chi connectivity index (χ3v) is 6.09. The standard InChI is InChI=1S/C15H9F6N3S3/c16-14(17,18)9-3-8(4-10(5-9)15(19,20)21)11-6-26-13(23-11)25-2-1-12-24-22-7-27-12/h3-7H,1-2H2. The Morgan fingerprint density at radius 3 is 2.15 bits per heavy atom. The number of aryl methyl sites for hydroxylation is 1. The Hall–Kier alpha value is -1.66. The highest BCUT2D eigenvalue weighted by Gasteiger charge is 2.37. The van der Waals surface area contributed by atoms with Gasteiger partial charge in [-0.3, -0.25) is 0 Å². The highest BCUT2D eigenvalue weighted by Crippen LogP contribution is 2.39. The van der Waals surface area contributed by atoms with Crippen molar-refractivity contribution in [3.63, 3.8) is 0 Å². The van der Waals surface area contributed by atoms with Crippen LogP contribution in [0.2, 0.25) is 0 Å². The highest BCUT2D eigenvalue weighted by atomic mass is 32.2. The number of nitrogens with zero attached hydrogens (tertiary/aromatic N) is 3. The highest BCUT2D eigenvalue weighted by molar-refractivity contribution is 8.01. The lowest BCUT2D eigenvalue weighted by Crippen LogP contribution is -2.11. The van der Waals surface area contributed by atoms with E-state index in [0.717, 1.165) is 5.01 Å². The van der Waals surface area contributed by atoms with E-state index < -0.39 is 23.5 Å². The maximum absolute atomic E-state index is 13.0. The van der Waals surface area contributed by atoms with Gasteiger partial charge in [0.05, 0.1) is 16.8 Å². The van der Waals surface area contributed by atoms with Crippen molar-refractivity contribution in [2.45, 2.75) is 23.1 Å². The molecule has 0 saturated heterocycles. The summed E-state index contributed by atoms with van der Waals surface area (Å²) in [5.74, 6) is 0.624. The number of halogens is 6. The molecule has 0 radical (unpaired) electrons. The molecule has 27 heavy (non-hydrogen) atoms. The summed E-state index contributed by atoms with van der Waals surface area (Å²) in [6.45, 7) is 0. The fraction of sp³-hybridized carbons (Fsp3) is 0.267. The minimum atomic E-state index is -4.88. The zero-order valence-electron chi connectivity index (χ0n) is 13.1. The van der Waals surface area contributed by atoms with E-state index in [1.54, 1.807) is 5.51 Å². The van der Waals surface area contributed by atoms with Crippen LogP contribution in [0.25, 0.3) is 11.3 Å².